The average molecular weight is 352 g/mol. The number of aryl methyl sites for hydroxylation is 1. The third-order valence-corrected chi connectivity index (χ3v) is 4.14. The number of benzene rings is 1. The van der Waals surface area contributed by atoms with Crippen LogP contribution in [0, 0.1) is 6.92 Å². The van der Waals surface area contributed by atoms with Gasteiger partial charge in [-0.15, -0.1) is 0 Å². The maximum Gasteiger partial charge on any atom is 0.180 e. The van der Waals surface area contributed by atoms with Gasteiger partial charge in [-0.2, -0.15) is 0 Å². The monoisotopic (exact) mass is 352 g/mol. The van der Waals surface area contributed by atoms with Gasteiger partial charge in [0.05, 0.1) is 24.5 Å². The lowest BCUT2D eigenvalue weighted by Crippen LogP contribution is -2.24. The summed E-state index contributed by atoms with van der Waals surface area (Å²) in [5.74, 6) is 1.81. The Bertz CT molecular complexity index is 869. The number of aliphatic hydroxyl groups is 1. The quantitative estimate of drug-likeness (QED) is 0.646. The highest BCUT2D eigenvalue weighted by molar-refractivity contribution is 5.81. The zero-order valence-corrected chi connectivity index (χ0v) is 15.1. The molecular weight excluding hydrogens is 328 g/mol. The molecule has 6 nitrogen and oxygen atoms in total. The molecule has 0 aliphatic rings. The maximum absolute atomic E-state index is 9.53. The van der Waals surface area contributed by atoms with Crippen LogP contribution in [0.4, 0.5) is 5.82 Å². The van der Waals surface area contributed by atoms with Crippen LogP contribution in [0.15, 0.2) is 42.7 Å². The van der Waals surface area contributed by atoms with E-state index in [4.69, 9.17) is 4.74 Å². The number of ether oxygens (including phenoxy) is 1. The number of fused-ring (bicyclic) bond motifs is 1. The Hall–Kier alpha value is -2.73. The molecule has 136 valence electrons. The molecule has 2 N–H and O–H groups in total. The predicted molar refractivity (Wildman–Crippen MR) is 102 cm³/mol. The van der Waals surface area contributed by atoms with Gasteiger partial charge in [0.15, 0.2) is 11.6 Å². The molecular formula is C20H24N4O2. The summed E-state index contributed by atoms with van der Waals surface area (Å²) in [5, 5.41) is 15.0. The highest BCUT2D eigenvalue weighted by Crippen LogP contribution is 2.24. The van der Waals surface area contributed by atoms with Crippen molar-refractivity contribution < 1.29 is 9.84 Å². The Morgan fingerprint density at radius 3 is 2.73 bits per heavy atom. The molecule has 0 amide bonds. The lowest BCUT2D eigenvalue weighted by atomic mass is 10.1. The molecule has 0 saturated carbocycles. The van der Waals surface area contributed by atoms with Crippen molar-refractivity contribution in [3.8, 4) is 5.75 Å². The molecule has 0 bridgehead atoms. The molecule has 0 aliphatic carbocycles. The van der Waals surface area contributed by atoms with Gasteiger partial charge in [0.1, 0.15) is 12.4 Å². The molecule has 26 heavy (non-hydrogen) atoms. The van der Waals surface area contributed by atoms with E-state index in [0.29, 0.717) is 24.0 Å². The third kappa shape index (κ3) is 4.46. The molecule has 0 spiro atoms. The van der Waals surface area contributed by atoms with Gasteiger partial charge in [0, 0.05) is 11.6 Å². The van der Waals surface area contributed by atoms with E-state index in [9.17, 15) is 5.11 Å². The van der Waals surface area contributed by atoms with Crippen molar-refractivity contribution in [2.24, 2.45) is 0 Å². The van der Waals surface area contributed by atoms with Crippen molar-refractivity contribution in [1.29, 1.82) is 0 Å². The van der Waals surface area contributed by atoms with Crippen LogP contribution in [0.25, 0.3) is 10.8 Å². The van der Waals surface area contributed by atoms with Gasteiger partial charge in [-0.3, -0.25) is 4.98 Å². The minimum atomic E-state index is -0.0598. The number of pyridine rings is 1. The van der Waals surface area contributed by atoms with Gasteiger partial charge in [0.2, 0.25) is 0 Å². The summed E-state index contributed by atoms with van der Waals surface area (Å²) < 4.78 is 5.92. The Balaban J connectivity index is 1.75. The number of anilines is 1. The van der Waals surface area contributed by atoms with Crippen LogP contribution in [-0.4, -0.2) is 32.7 Å². The van der Waals surface area contributed by atoms with E-state index in [1.54, 1.807) is 6.20 Å². The van der Waals surface area contributed by atoms with Gasteiger partial charge in [-0.05, 0) is 24.8 Å². The van der Waals surface area contributed by atoms with Crippen molar-refractivity contribution in [3.63, 3.8) is 0 Å². The first kappa shape index (κ1) is 18.1. The zero-order valence-electron chi connectivity index (χ0n) is 15.1. The number of aliphatic hydroxyl groups excluding tert-OH is 1. The largest absolute Gasteiger partial charge is 0.482 e. The van der Waals surface area contributed by atoms with Gasteiger partial charge in [-0.1, -0.05) is 37.6 Å². The summed E-state index contributed by atoms with van der Waals surface area (Å²) >= 11 is 0. The Morgan fingerprint density at radius 2 is 1.96 bits per heavy atom. The fourth-order valence-electron chi connectivity index (χ4n) is 2.78. The molecule has 1 aromatic carbocycles. The number of hydrogen-bond acceptors (Lipinski definition) is 6. The maximum atomic E-state index is 9.53. The van der Waals surface area contributed by atoms with E-state index in [-0.39, 0.29) is 12.6 Å². The Morgan fingerprint density at radius 1 is 1.15 bits per heavy atom. The second-order valence-electron chi connectivity index (χ2n) is 6.25. The summed E-state index contributed by atoms with van der Waals surface area (Å²) in [5.41, 5.74) is 0.836. The molecule has 0 fully saturated rings. The first-order chi connectivity index (χ1) is 12.7. The molecule has 3 rings (SSSR count). The van der Waals surface area contributed by atoms with Crippen LogP contribution < -0.4 is 10.1 Å². The summed E-state index contributed by atoms with van der Waals surface area (Å²) in [4.78, 5) is 13.1. The van der Waals surface area contributed by atoms with E-state index in [0.717, 1.165) is 29.3 Å². The third-order valence-electron chi connectivity index (χ3n) is 4.14. The van der Waals surface area contributed by atoms with Crippen molar-refractivity contribution >= 4 is 16.6 Å². The predicted octanol–water partition coefficient (Wildman–Crippen LogP) is 3.49. The summed E-state index contributed by atoms with van der Waals surface area (Å²) in [6, 6.07) is 10.0. The first-order valence-electron chi connectivity index (χ1n) is 8.87. The number of aromatic nitrogens is 3. The number of nitrogens with zero attached hydrogens (tertiary/aromatic N) is 3. The lowest BCUT2D eigenvalue weighted by Gasteiger charge is -2.18. The van der Waals surface area contributed by atoms with Crippen molar-refractivity contribution in [2.45, 2.75) is 39.3 Å². The van der Waals surface area contributed by atoms with Crippen LogP contribution in [0.3, 0.4) is 0 Å². The highest BCUT2D eigenvalue weighted by atomic mass is 16.5. The first-order valence-corrected chi connectivity index (χ1v) is 8.87. The molecule has 2 aromatic heterocycles. The zero-order chi connectivity index (χ0) is 18.4. The van der Waals surface area contributed by atoms with Crippen LogP contribution in [0.1, 0.15) is 31.3 Å². The minimum Gasteiger partial charge on any atom is -0.482 e. The van der Waals surface area contributed by atoms with Crippen LogP contribution in [0.2, 0.25) is 0 Å². The number of rotatable bonds is 8. The van der Waals surface area contributed by atoms with Crippen LogP contribution in [0.5, 0.6) is 5.75 Å². The SMILES string of the molecule is CCC[C@@H](CO)Nc1nc(C)ncc1OCc1cc2ccccc2cn1. The molecule has 0 radical (unpaired) electrons. The number of hydrogen-bond donors (Lipinski definition) is 2. The average Bonchev–Trinajstić information content (AvgIpc) is 2.67. The van der Waals surface area contributed by atoms with E-state index >= 15 is 0 Å². The molecule has 2 heterocycles. The molecule has 0 unspecified atom stereocenters. The summed E-state index contributed by atoms with van der Waals surface area (Å²) in [7, 11) is 0. The normalized spacial score (nSPS) is 12.1. The molecule has 1 atom stereocenters. The van der Waals surface area contributed by atoms with E-state index in [2.05, 4.69) is 33.3 Å². The van der Waals surface area contributed by atoms with Crippen LogP contribution >= 0.6 is 0 Å². The molecule has 3 aromatic rings. The summed E-state index contributed by atoms with van der Waals surface area (Å²) in [6.07, 6.45) is 5.33. The van der Waals surface area contributed by atoms with Gasteiger partial charge < -0.3 is 15.2 Å². The molecule has 6 heteroatoms. The Labute approximate surface area is 153 Å². The summed E-state index contributed by atoms with van der Waals surface area (Å²) in [6.45, 7) is 4.28. The lowest BCUT2D eigenvalue weighted by molar-refractivity contribution is 0.266. The molecule has 0 saturated heterocycles. The minimum absolute atomic E-state index is 0.0442. The van der Waals surface area contributed by atoms with Crippen molar-refractivity contribution in [3.05, 3.63) is 54.2 Å². The van der Waals surface area contributed by atoms with Gasteiger partial charge in [0.25, 0.3) is 0 Å². The highest BCUT2D eigenvalue weighted by Gasteiger charge is 2.13. The van der Waals surface area contributed by atoms with Crippen LogP contribution in [-0.2, 0) is 6.61 Å². The van der Waals surface area contributed by atoms with Gasteiger partial charge in [-0.25, -0.2) is 9.97 Å². The Kier molecular flexibility index (Phi) is 5.96. The van der Waals surface area contributed by atoms with E-state index in [1.165, 1.54) is 0 Å². The standard InChI is InChI=1S/C20H24N4O2/c1-3-6-17(12-25)24-20-19(11-21-14(2)23-20)26-13-18-9-15-7-4-5-8-16(15)10-22-18/h4-5,7-11,17,25H,3,6,12-13H2,1-2H3,(H,21,23,24)/t17-/m0/s1. The van der Waals surface area contributed by atoms with Crippen molar-refractivity contribution in [1.82, 2.24) is 15.0 Å². The second-order valence-corrected chi connectivity index (χ2v) is 6.25. The molecule has 0 aliphatic heterocycles. The topological polar surface area (TPSA) is 80.2 Å². The smallest absolute Gasteiger partial charge is 0.180 e. The van der Waals surface area contributed by atoms with E-state index < -0.39 is 0 Å². The fraction of sp³-hybridized carbons (Fsp3) is 0.350. The number of nitrogens with one attached hydrogen (secondary N) is 1. The van der Waals surface area contributed by atoms with Crippen molar-refractivity contribution in [2.75, 3.05) is 11.9 Å². The van der Waals surface area contributed by atoms with Gasteiger partial charge >= 0.3 is 0 Å². The fourth-order valence-corrected chi connectivity index (χ4v) is 2.78. The van der Waals surface area contributed by atoms with E-state index in [1.807, 2.05) is 37.4 Å². The second kappa shape index (κ2) is 8.58.